The maximum atomic E-state index is 14.2. The van der Waals surface area contributed by atoms with Crippen LogP contribution in [0.15, 0.2) is 51.8 Å². The normalized spacial score (nSPS) is 15.6. The number of hydrogen-bond donors (Lipinski definition) is 1. The zero-order chi connectivity index (χ0) is 18.7. The minimum atomic E-state index is -3.82. The Hall–Kier alpha value is -1.81. The van der Waals surface area contributed by atoms with Crippen LogP contribution in [0.25, 0.3) is 0 Å². The maximum Gasteiger partial charge on any atom is 0.258 e. The number of para-hydroxylation sites is 1. The van der Waals surface area contributed by atoms with Crippen LogP contribution >= 0.6 is 15.9 Å². The molecule has 1 saturated heterocycles. The molecule has 1 fully saturated rings. The average molecular weight is 443 g/mol. The second-order valence-electron chi connectivity index (χ2n) is 5.59. The van der Waals surface area contributed by atoms with Crippen molar-refractivity contribution in [3.8, 4) is 0 Å². The fourth-order valence-electron chi connectivity index (χ4n) is 2.53. The van der Waals surface area contributed by atoms with E-state index in [1.165, 1.54) is 4.31 Å². The number of hydrogen-bond acceptors (Lipinski definition) is 4. The Bertz CT molecular complexity index is 930. The SMILES string of the molecule is O=C(Nc1ccccc1Br)c1cc(S(=O)(=O)N2CCOCC2)ccc1F. The van der Waals surface area contributed by atoms with Crippen molar-refractivity contribution in [2.24, 2.45) is 0 Å². The van der Waals surface area contributed by atoms with Crippen molar-refractivity contribution in [3.05, 3.63) is 58.3 Å². The zero-order valence-corrected chi connectivity index (χ0v) is 16.0. The van der Waals surface area contributed by atoms with Gasteiger partial charge in [0.1, 0.15) is 5.82 Å². The Labute approximate surface area is 159 Å². The molecule has 2 aromatic rings. The second kappa shape index (κ2) is 7.83. The largest absolute Gasteiger partial charge is 0.379 e. The van der Waals surface area contributed by atoms with Crippen LogP contribution in [-0.4, -0.2) is 44.9 Å². The van der Waals surface area contributed by atoms with E-state index in [-0.39, 0.29) is 23.5 Å². The molecule has 9 heteroatoms. The number of morpholine rings is 1. The number of benzene rings is 2. The summed E-state index contributed by atoms with van der Waals surface area (Å²) in [6.07, 6.45) is 0. The number of nitrogens with zero attached hydrogens (tertiary/aromatic N) is 1. The number of ether oxygens (including phenoxy) is 1. The van der Waals surface area contributed by atoms with Crippen LogP contribution in [0.4, 0.5) is 10.1 Å². The first-order chi connectivity index (χ1) is 12.4. The van der Waals surface area contributed by atoms with Crippen LogP contribution in [-0.2, 0) is 14.8 Å². The van der Waals surface area contributed by atoms with Crippen LogP contribution in [0.1, 0.15) is 10.4 Å². The van der Waals surface area contributed by atoms with Gasteiger partial charge < -0.3 is 10.1 Å². The molecule has 3 rings (SSSR count). The van der Waals surface area contributed by atoms with Crippen molar-refractivity contribution in [1.82, 2.24) is 4.31 Å². The van der Waals surface area contributed by atoms with E-state index in [2.05, 4.69) is 21.2 Å². The summed E-state index contributed by atoms with van der Waals surface area (Å²) in [4.78, 5) is 12.3. The lowest BCUT2D eigenvalue weighted by atomic mass is 10.2. The van der Waals surface area contributed by atoms with Crippen molar-refractivity contribution in [2.45, 2.75) is 4.90 Å². The van der Waals surface area contributed by atoms with E-state index < -0.39 is 21.7 Å². The van der Waals surface area contributed by atoms with Gasteiger partial charge >= 0.3 is 0 Å². The predicted molar refractivity (Wildman–Crippen MR) is 98.1 cm³/mol. The fraction of sp³-hybridized carbons (Fsp3) is 0.235. The van der Waals surface area contributed by atoms with Crippen LogP contribution < -0.4 is 5.32 Å². The van der Waals surface area contributed by atoms with Crippen LogP contribution in [0.3, 0.4) is 0 Å². The number of carbonyl (C=O) groups is 1. The molecule has 0 bridgehead atoms. The molecule has 1 heterocycles. The molecule has 0 spiro atoms. The minimum absolute atomic E-state index is 0.127. The molecule has 1 amide bonds. The molecule has 0 aliphatic carbocycles. The van der Waals surface area contributed by atoms with E-state index in [9.17, 15) is 17.6 Å². The van der Waals surface area contributed by atoms with Gasteiger partial charge in [-0.2, -0.15) is 4.31 Å². The van der Waals surface area contributed by atoms with E-state index in [1.807, 2.05) is 0 Å². The standard InChI is InChI=1S/C17H16BrFN2O4S/c18-14-3-1-2-4-16(14)20-17(22)13-11-12(5-6-15(13)19)26(23,24)21-7-9-25-10-8-21/h1-6,11H,7-10H2,(H,20,22). The second-order valence-corrected chi connectivity index (χ2v) is 8.38. The van der Waals surface area contributed by atoms with Crippen molar-refractivity contribution < 1.29 is 22.3 Å². The van der Waals surface area contributed by atoms with Gasteiger partial charge in [0, 0.05) is 17.6 Å². The number of anilines is 1. The molecule has 6 nitrogen and oxygen atoms in total. The lowest BCUT2D eigenvalue weighted by molar-refractivity contribution is 0.0730. The monoisotopic (exact) mass is 442 g/mol. The lowest BCUT2D eigenvalue weighted by Crippen LogP contribution is -2.40. The molecule has 1 aliphatic heterocycles. The Balaban J connectivity index is 1.90. The predicted octanol–water partition coefficient (Wildman–Crippen LogP) is 2.86. The number of nitrogens with one attached hydrogen (secondary N) is 1. The van der Waals surface area contributed by atoms with Crippen LogP contribution in [0.5, 0.6) is 0 Å². The van der Waals surface area contributed by atoms with Crippen molar-refractivity contribution in [3.63, 3.8) is 0 Å². The van der Waals surface area contributed by atoms with Gasteiger partial charge in [0.2, 0.25) is 10.0 Å². The summed E-state index contributed by atoms with van der Waals surface area (Å²) in [7, 11) is -3.82. The quantitative estimate of drug-likeness (QED) is 0.789. The Morgan fingerprint density at radius 2 is 1.85 bits per heavy atom. The third-order valence-corrected chi connectivity index (χ3v) is 6.50. The van der Waals surface area contributed by atoms with Crippen molar-refractivity contribution in [2.75, 3.05) is 31.6 Å². The molecule has 1 aliphatic rings. The molecule has 0 unspecified atom stereocenters. The minimum Gasteiger partial charge on any atom is -0.379 e. The zero-order valence-electron chi connectivity index (χ0n) is 13.6. The van der Waals surface area contributed by atoms with Gasteiger partial charge in [-0.15, -0.1) is 0 Å². The third kappa shape index (κ3) is 3.96. The van der Waals surface area contributed by atoms with E-state index in [4.69, 9.17) is 4.74 Å². The highest BCUT2D eigenvalue weighted by atomic mass is 79.9. The van der Waals surface area contributed by atoms with Crippen molar-refractivity contribution in [1.29, 1.82) is 0 Å². The molecule has 1 N–H and O–H groups in total. The van der Waals surface area contributed by atoms with Crippen LogP contribution in [0, 0.1) is 5.82 Å². The summed E-state index contributed by atoms with van der Waals surface area (Å²) in [6.45, 7) is 1.04. The highest BCUT2D eigenvalue weighted by Gasteiger charge is 2.28. The number of amides is 1. The van der Waals surface area contributed by atoms with Crippen molar-refractivity contribution >= 4 is 37.5 Å². The third-order valence-electron chi connectivity index (χ3n) is 3.91. The van der Waals surface area contributed by atoms with Gasteiger partial charge in [0.05, 0.1) is 29.4 Å². The summed E-state index contributed by atoms with van der Waals surface area (Å²) >= 11 is 3.29. The Kier molecular flexibility index (Phi) is 5.71. The Morgan fingerprint density at radius 1 is 1.15 bits per heavy atom. The number of sulfonamides is 1. The molecule has 26 heavy (non-hydrogen) atoms. The summed E-state index contributed by atoms with van der Waals surface area (Å²) in [5, 5.41) is 2.57. The van der Waals surface area contributed by atoms with Gasteiger partial charge in [0.15, 0.2) is 0 Å². The maximum absolute atomic E-state index is 14.2. The van der Waals surface area contributed by atoms with E-state index in [1.54, 1.807) is 24.3 Å². The van der Waals surface area contributed by atoms with Gasteiger partial charge in [-0.1, -0.05) is 12.1 Å². The first kappa shape index (κ1) is 19.0. The molecule has 138 valence electrons. The van der Waals surface area contributed by atoms with Gasteiger partial charge in [-0.3, -0.25) is 4.79 Å². The highest BCUT2D eigenvalue weighted by Crippen LogP contribution is 2.24. The number of rotatable bonds is 4. The fourth-order valence-corrected chi connectivity index (χ4v) is 4.35. The summed E-state index contributed by atoms with van der Waals surface area (Å²) in [5.41, 5.74) is 0.119. The Morgan fingerprint density at radius 3 is 2.54 bits per heavy atom. The smallest absolute Gasteiger partial charge is 0.258 e. The summed E-state index contributed by atoms with van der Waals surface area (Å²) < 4.78 is 46.6. The number of halogens is 2. The molecule has 2 aromatic carbocycles. The first-order valence-corrected chi connectivity index (χ1v) is 10.1. The molecule has 0 aromatic heterocycles. The average Bonchev–Trinajstić information content (AvgIpc) is 2.64. The first-order valence-electron chi connectivity index (χ1n) is 7.83. The lowest BCUT2D eigenvalue weighted by Gasteiger charge is -2.26. The highest BCUT2D eigenvalue weighted by molar-refractivity contribution is 9.10. The molecular formula is C17H16BrFN2O4S. The van der Waals surface area contributed by atoms with E-state index in [0.29, 0.717) is 23.4 Å². The number of carbonyl (C=O) groups excluding carboxylic acids is 1. The van der Waals surface area contributed by atoms with Gasteiger partial charge in [-0.25, -0.2) is 12.8 Å². The summed E-state index contributed by atoms with van der Waals surface area (Å²) in [5.74, 6) is -1.52. The van der Waals surface area contributed by atoms with Gasteiger partial charge in [0.25, 0.3) is 5.91 Å². The molecule has 0 atom stereocenters. The summed E-state index contributed by atoms with van der Waals surface area (Å²) in [6, 6.07) is 10.1. The van der Waals surface area contributed by atoms with E-state index >= 15 is 0 Å². The topological polar surface area (TPSA) is 75.7 Å². The molecular weight excluding hydrogens is 427 g/mol. The van der Waals surface area contributed by atoms with Crippen LogP contribution in [0.2, 0.25) is 0 Å². The molecule has 0 saturated carbocycles. The molecule has 0 radical (unpaired) electrons. The van der Waals surface area contributed by atoms with E-state index in [0.717, 1.165) is 18.2 Å². The van der Waals surface area contributed by atoms with Gasteiger partial charge in [-0.05, 0) is 46.3 Å².